The van der Waals surface area contributed by atoms with Crippen molar-refractivity contribution in [2.75, 3.05) is 19.9 Å². The summed E-state index contributed by atoms with van der Waals surface area (Å²) < 4.78 is 5.21. The summed E-state index contributed by atoms with van der Waals surface area (Å²) in [6, 6.07) is 7.08. The Morgan fingerprint density at radius 1 is 1.42 bits per heavy atom. The molecule has 2 N–H and O–H groups in total. The lowest BCUT2D eigenvalue weighted by Gasteiger charge is -2.18. The first-order valence-electron chi connectivity index (χ1n) is 5.82. The zero-order chi connectivity index (χ0) is 13.8. The first-order valence-corrected chi connectivity index (χ1v) is 6.76. The number of benzene rings is 1. The van der Waals surface area contributed by atoms with Crippen molar-refractivity contribution in [3.63, 3.8) is 0 Å². The molecule has 0 saturated carbocycles. The maximum atomic E-state index is 12.4. The summed E-state index contributed by atoms with van der Waals surface area (Å²) in [7, 11) is 3.31. The number of anilines is 1. The molecule has 0 saturated heterocycles. The Kier molecular flexibility index (Phi) is 4.06. The molecule has 2 rings (SSSR count). The second kappa shape index (κ2) is 5.75. The van der Waals surface area contributed by atoms with Gasteiger partial charge >= 0.3 is 0 Å². The topological polar surface area (TPSA) is 55.6 Å². The normalized spacial score (nSPS) is 10.2. The molecule has 19 heavy (non-hydrogen) atoms. The third-order valence-electron chi connectivity index (χ3n) is 2.80. The van der Waals surface area contributed by atoms with E-state index in [1.54, 1.807) is 48.6 Å². The minimum absolute atomic E-state index is 0.102. The Bertz CT molecular complexity index is 567. The average Bonchev–Trinajstić information content (AvgIpc) is 2.90. The van der Waals surface area contributed by atoms with Crippen LogP contribution in [-0.2, 0) is 6.54 Å². The van der Waals surface area contributed by atoms with Crippen LogP contribution in [0.4, 0.5) is 5.69 Å². The summed E-state index contributed by atoms with van der Waals surface area (Å²) in [5.41, 5.74) is 7.88. The number of nitrogens with two attached hydrogens (primary N) is 1. The maximum Gasteiger partial charge on any atom is 0.257 e. The second-order valence-corrected chi connectivity index (χ2v) is 5.03. The summed E-state index contributed by atoms with van der Waals surface area (Å²) in [5.74, 6) is 0.437. The van der Waals surface area contributed by atoms with Gasteiger partial charge in [-0.15, -0.1) is 0 Å². The molecule has 0 fully saturated rings. The molecule has 1 aromatic heterocycles. The van der Waals surface area contributed by atoms with E-state index < -0.39 is 0 Å². The SMILES string of the molecule is COc1ccc(N)cc1C(=O)N(C)Cc1ccsc1. The molecule has 0 spiro atoms. The molecule has 0 bridgehead atoms. The van der Waals surface area contributed by atoms with E-state index in [1.165, 1.54) is 0 Å². The third-order valence-corrected chi connectivity index (χ3v) is 3.53. The van der Waals surface area contributed by atoms with E-state index in [1.807, 2.05) is 16.8 Å². The van der Waals surface area contributed by atoms with Gasteiger partial charge in [0.1, 0.15) is 5.75 Å². The van der Waals surface area contributed by atoms with E-state index in [0.717, 1.165) is 5.56 Å². The Balaban J connectivity index is 2.21. The largest absolute Gasteiger partial charge is 0.496 e. The van der Waals surface area contributed by atoms with Gasteiger partial charge in [-0.1, -0.05) is 0 Å². The number of rotatable bonds is 4. The van der Waals surface area contributed by atoms with Crippen molar-refractivity contribution in [1.82, 2.24) is 4.90 Å². The lowest BCUT2D eigenvalue weighted by molar-refractivity contribution is 0.0782. The van der Waals surface area contributed by atoms with E-state index >= 15 is 0 Å². The van der Waals surface area contributed by atoms with E-state index in [4.69, 9.17) is 10.5 Å². The number of carbonyl (C=O) groups is 1. The van der Waals surface area contributed by atoms with Crippen LogP contribution in [0.25, 0.3) is 0 Å². The minimum atomic E-state index is -0.102. The van der Waals surface area contributed by atoms with Gasteiger partial charge in [-0.3, -0.25) is 4.79 Å². The molecule has 1 aromatic carbocycles. The number of hydrogen-bond acceptors (Lipinski definition) is 4. The van der Waals surface area contributed by atoms with Crippen molar-refractivity contribution in [1.29, 1.82) is 0 Å². The van der Waals surface area contributed by atoms with Gasteiger partial charge in [-0.05, 0) is 40.6 Å². The molecule has 0 atom stereocenters. The lowest BCUT2D eigenvalue weighted by atomic mass is 10.1. The van der Waals surface area contributed by atoms with Crippen molar-refractivity contribution in [3.8, 4) is 5.75 Å². The highest BCUT2D eigenvalue weighted by molar-refractivity contribution is 7.07. The van der Waals surface area contributed by atoms with Crippen LogP contribution < -0.4 is 10.5 Å². The fraction of sp³-hybridized carbons (Fsp3) is 0.214. The first-order chi connectivity index (χ1) is 9.11. The molecule has 5 heteroatoms. The number of methoxy groups -OCH3 is 1. The monoisotopic (exact) mass is 276 g/mol. The molecule has 0 aliphatic carbocycles. The molecular weight excluding hydrogens is 260 g/mol. The zero-order valence-corrected chi connectivity index (χ0v) is 11.7. The van der Waals surface area contributed by atoms with Crippen molar-refractivity contribution in [2.24, 2.45) is 0 Å². The molecule has 4 nitrogen and oxygen atoms in total. The number of thiophene rings is 1. The maximum absolute atomic E-state index is 12.4. The van der Waals surface area contributed by atoms with Crippen LogP contribution in [0.1, 0.15) is 15.9 Å². The van der Waals surface area contributed by atoms with Crippen LogP contribution >= 0.6 is 11.3 Å². The number of amides is 1. The first kappa shape index (κ1) is 13.4. The van der Waals surface area contributed by atoms with E-state index in [9.17, 15) is 4.79 Å². The van der Waals surface area contributed by atoms with Crippen LogP contribution in [-0.4, -0.2) is 25.0 Å². The highest BCUT2D eigenvalue weighted by Crippen LogP contribution is 2.23. The molecular formula is C14H16N2O2S. The van der Waals surface area contributed by atoms with Crippen molar-refractivity contribution in [3.05, 3.63) is 46.2 Å². The predicted octanol–water partition coefficient (Wildman–Crippen LogP) is 2.61. The average molecular weight is 276 g/mol. The van der Waals surface area contributed by atoms with Gasteiger partial charge in [0.05, 0.1) is 12.7 Å². The fourth-order valence-electron chi connectivity index (χ4n) is 1.83. The Morgan fingerprint density at radius 2 is 2.21 bits per heavy atom. The van der Waals surface area contributed by atoms with Crippen LogP contribution in [0.3, 0.4) is 0 Å². The number of nitrogen functional groups attached to an aromatic ring is 1. The Hall–Kier alpha value is -2.01. The third kappa shape index (κ3) is 3.06. The second-order valence-electron chi connectivity index (χ2n) is 4.25. The number of hydrogen-bond donors (Lipinski definition) is 1. The summed E-state index contributed by atoms with van der Waals surface area (Å²) in [6.07, 6.45) is 0. The summed E-state index contributed by atoms with van der Waals surface area (Å²) >= 11 is 1.62. The van der Waals surface area contributed by atoms with Crippen LogP contribution in [0.15, 0.2) is 35.0 Å². The van der Waals surface area contributed by atoms with Gasteiger partial charge in [0.2, 0.25) is 0 Å². The molecule has 1 heterocycles. The summed E-state index contributed by atoms with van der Waals surface area (Å²) in [4.78, 5) is 14.0. The molecule has 0 aliphatic heterocycles. The number of nitrogens with zero attached hydrogens (tertiary/aromatic N) is 1. The smallest absolute Gasteiger partial charge is 0.257 e. The minimum Gasteiger partial charge on any atom is -0.496 e. The van der Waals surface area contributed by atoms with Crippen LogP contribution in [0, 0.1) is 0 Å². The van der Waals surface area contributed by atoms with Crippen molar-refractivity contribution < 1.29 is 9.53 Å². The lowest BCUT2D eigenvalue weighted by Crippen LogP contribution is -2.26. The van der Waals surface area contributed by atoms with E-state index in [2.05, 4.69) is 0 Å². The molecule has 1 amide bonds. The molecule has 0 radical (unpaired) electrons. The Morgan fingerprint density at radius 3 is 2.84 bits per heavy atom. The molecule has 0 aliphatic rings. The van der Waals surface area contributed by atoms with E-state index in [0.29, 0.717) is 23.5 Å². The zero-order valence-electron chi connectivity index (χ0n) is 10.9. The van der Waals surface area contributed by atoms with Crippen molar-refractivity contribution in [2.45, 2.75) is 6.54 Å². The van der Waals surface area contributed by atoms with Crippen molar-refractivity contribution >= 4 is 22.9 Å². The van der Waals surface area contributed by atoms with Gasteiger partial charge in [-0.25, -0.2) is 0 Å². The number of carbonyl (C=O) groups excluding carboxylic acids is 1. The highest BCUT2D eigenvalue weighted by atomic mass is 32.1. The van der Waals surface area contributed by atoms with Gasteiger partial charge in [0.25, 0.3) is 5.91 Å². The quantitative estimate of drug-likeness (QED) is 0.873. The Labute approximate surface area is 116 Å². The van der Waals surface area contributed by atoms with Gasteiger partial charge in [-0.2, -0.15) is 11.3 Å². The van der Waals surface area contributed by atoms with Crippen LogP contribution in [0.2, 0.25) is 0 Å². The predicted molar refractivity (Wildman–Crippen MR) is 77.5 cm³/mol. The van der Waals surface area contributed by atoms with Gasteiger partial charge in [0, 0.05) is 19.3 Å². The van der Waals surface area contributed by atoms with E-state index in [-0.39, 0.29) is 5.91 Å². The van der Waals surface area contributed by atoms with Gasteiger partial charge < -0.3 is 15.4 Å². The summed E-state index contributed by atoms with van der Waals surface area (Å²) in [6.45, 7) is 0.570. The van der Waals surface area contributed by atoms with Gasteiger partial charge in [0.15, 0.2) is 0 Å². The standard InChI is InChI=1S/C14H16N2O2S/c1-16(8-10-5-6-19-9-10)14(17)12-7-11(15)3-4-13(12)18-2/h3-7,9H,8,15H2,1-2H3. The molecule has 100 valence electrons. The molecule has 2 aromatic rings. The fourth-order valence-corrected chi connectivity index (χ4v) is 2.49. The number of ether oxygens (including phenoxy) is 1. The highest BCUT2D eigenvalue weighted by Gasteiger charge is 2.17. The summed E-state index contributed by atoms with van der Waals surface area (Å²) in [5, 5.41) is 4.02. The molecule has 0 unspecified atom stereocenters. The van der Waals surface area contributed by atoms with Crippen LogP contribution in [0.5, 0.6) is 5.75 Å².